The quantitative estimate of drug-likeness (QED) is 0.653. The second-order valence-electron chi connectivity index (χ2n) is 8.85. The lowest BCUT2D eigenvalue weighted by molar-refractivity contribution is -0.135. The van der Waals surface area contributed by atoms with Gasteiger partial charge in [-0.05, 0) is 44.9 Å². The number of hydrogen-bond acceptors (Lipinski definition) is 4. The third kappa shape index (κ3) is 4.34. The molecule has 0 unspecified atom stereocenters. The number of amides is 1. The van der Waals surface area contributed by atoms with Gasteiger partial charge in [0.15, 0.2) is 0 Å². The van der Waals surface area contributed by atoms with Crippen molar-refractivity contribution < 1.29 is 9.32 Å². The number of hydrogen-bond donors (Lipinski definition) is 0. The fourth-order valence-electron chi connectivity index (χ4n) is 4.13. The SMILES string of the molecule is CC[C@@H](C)N(Cc1c(-c2ccccc2)noc1N1CCC(C)CC1)C(=O)C1CC1. The summed E-state index contributed by atoms with van der Waals surface area (Å²) in [5.74, 6) is 2.10. The molecule has 0 radical (unpaired) electrons. The minimum atomic E-state index is 0.204. The Kier molecular flexibility index (Phi) is 5.93. The Bertz CT molecular complexity index is 820. The summed E-state index contributed by atoms with van der Waals surface area (Å²) in [4.78, 5) is 17.5. The Labute approximate surface area is 174 Å². The molecule has 1 aliphatic carbocycles. The lowest BCUT2D eigenvalue weighted by atomic mass is 9.98. The van der Waals surface area contributed by atoms with Gasteiger partial charge in [0.25, 0.3) is 0 Å². The number of anilines is 1. The molecule has 2 heterocycles. The summed E-state index contributed by atoms with van der Waals surface area (Å²) >= 11 is 0. The summed E-state index contributed by atoms with van der Waals surface area (Å²) in [6.07, 6.45) is 5.32. The Hall–Kier alpha value is -2.30. The van der Waals surface area contributed by atoms with Gasteiger partial charge in [0.1, 0.15) is 5.69 Å². The highest BCUT2D eigenvalue weighted by Crippen LogP contribution is 2.37. The second kappa shape index (κ2) is 8.60. The molecule has 1 saturated heterocycles. The number of carbonyl (C=O) groups is 1. The maximum atomic E-state index is 13.1. The molecule has 2 aromatic rings. The molecule has 4 rings (SSSR count). The van der Waals surface area contributed by atoms with Crippen LogP contribution in [0.1, 0.15) is 58.4 Å². The van der Waals surface area contributed by atoms with Crippen LogP contribution in [0.5, 0.6) is 0 Å². The minimum absolute atomic E-state index is 0.204. The molecule has 2 aliphatic rings. The van der Waals surface area contributed by atoms with Gasteiger partial charge in [0.2, 0.25) is 11.8 Å². The lowest BCUT2D eigenvalue weighted by Gasteiger charge is -2.32. The van der Waals surface area contributed by atoms with Crippen LogP contribution in [0.15, 0.2) is 34.9 Å². The van der Waals surface area contributed by atoms with Crippen molar-refractivity contribution in [1.29, 1.82) is 0 Å². The summed E-state index contributed by atoms with van der Waals surface area (Å²) in [7, 11) is 0. The molecule has 2 fully saturated rings. The van der Waals surface area contributed by atoms with Crippen LogP contribution in [0.25, 0.3) is 11.3 Å². The number of rotatable bonds is 7. The minimum Gasteiger partial charge on any atom is -0.340 e. The van der Waals surface area contributed by atoms with E-state index in [4.69, 9.17) is 4.52 Å². The van der Waals surface area contributed by atoms with Crippen LogP contribution in [0.2, 0.25) is 0 Å². The van der Waals surface area contributed by atoms with Crippen LogP contribution in [-0.2, 0) is 11.3 Å². The molecule has 1 amide bonds. The molecule has 1 aromatic heterocycles. The molecule has 1 aliphatic heterocycles. The maximum Gasteiger partial charge on any atom is 0.232 e. The van der Waals surface area contributed by atoms with Gasteiger partial charge in [0.05, 0.1) is 12.1 Å². The van der Waals surface area contributed by atoms with Crippen LogP contribution in [0.3, 0.4) is 0 Å². The molecule has 5 nitrogen and oxygen atoms in total. The van der Waals surface area contributed by atoms with Gasteiger partial charge in [-0.25, -0.2) is 0 Å². The standard InChI is InChI=1S/C24H33N3O2/c1-4-18(3)27(23(28)20-10-11-20)16-21-22(19-8-6-5-7-9-19)25-29-24(21)26-14-12-17(2)13-15-26/h5-9,17-18,20H,4,10-16H2,1-3H3/t18-/m1/s1. The zero-order valence-corrected chi connectivity index (χ0v) is 17.9. The zero-order chi connectivity index (χ0) is 20.4. The molecule has 1 saturated carbocycles. The van der Waals surface area contributed by atoms with Crippen LogP contribution < -0.4 is 4.90 Å². The fraction of sp³-hybridized carbons (Fsp3) is 0.583. The molecule has 5 heteroatoms. The van der Waals surface area contributed by atoms with Crippen molar-refractivity contribution in [2.24, 2.45) is 11.8 Å². The van der Waals surface area contributed by atoms with E-state index in [1.807, 2.05) is 18.2 Å². The van der Waals surface area contributed by atoms with Gasteiger partial charge in [0, 0.05) is 30.6 Å². The average Bonchev–Trinajstić information content (AvgIpc) is 3.52. The number of carbonyl (C=O) groups excluding carboxylic acids is 1. The first kappa shape index (κ1) is 20.0. The summed E-state index contributed by atoms with van der Waals surface area (Å²) < 4.78 is 5.93. The maximum absolute atomic E-state index is 13.1. The Balaban J connectivity index is 1.70. The van der Waals surface area contributed by atoms with Crippen LogP contribution in [0, 0.1) is 11.8 Å². The van der Waals surface area contributed by atoms with E-state index in [0.717, 1.165) is 73.8 Å². The monoisotopic (exact) mass is 395 g/mol. The molecule has 1 atom stereocenters. The predicted molar refractivity (Wildman–Crippen MR) is 116 cm³/mol. The van der Waals surface area contributed by atoms with Gasteiger partial charge in [-0.2, -0.15) is 0 Å². The predicted octanol–water partition coefficient (Wildman–Crippen LogP) is 5.12. The highest BCUT2D eigenvalue weighted by atomic mass is 16.5. The first-order chi connectivity index (χ1) is 14.1. The Morgan fingerprint density at radius 3 is 2.52 bits per heavy atom. The largest absolute Gasteiger partial charge is 0.340 e. The van der Waals surface area contributed by atoms with E-state index in [1.54, 1.807) is 0 Å². The van der Waals surface area contributed by atoms with Gasteiger partial charge in [-0.3, -0.25) is 4.79 Å². The summed E-state index contributed by atoms with van der Waals surface area (Å²) in [5.41, 5.74) is 2.97. The highest BCUT2D eigenvalue weighted by molar-refractivity contribution is 5.82. The molecule has 0 N–H and O–H groups in total. The van der Waals surface area contributed by atoms with Crippen molar-refractivity contribution in [3.8, 4) is 11.3 Å². The average molecular weight is 396 g/mol. The summed E-state index contributed by atoms with van der Waals surface area (Å²) in [6, 6.07) is 10.4. The number of nitrogens with zero attached hydrogens (tertiary/aromatic N) is 3. The van der Waals surface area contributed by atoms with E-state index in [0.29, 0.717) is 6.54 Å². The molecule has 156 valence electrons. The van der Waals surface area contributed by atoms with Crippen molar-refractivity contribution in [3.05, 3.63) is 35.9 Å². The molecule has 0 spiro atoms. The number of aromatic nitrogens is 1. The normalized spacial score (nSPS) is 18.7. The van der Waals surface area contributed by atoms with Crippen molar-refractivity contribution in [3.63, 3.8) is 0 Å². The van der Waals surface area contributed by atoms with Crippen LogP contribution >= 0.6 is 0 Å². The first-order valence-corrected chi connectivity index (χ1v) is 11.2. The molecule has 29 heavy (non-hydrogen) atoms. The number of piperidine rings is 1. The summed E-state index contributed by atoms with van der Waals surface area (Å²) in [6.45, 7) is 9.15. The Morgan fingerprint density at radius 2 is 1.90 bits per heavy atom. The van der Waals surface area contributed by atoms with E-state index in [2.05, 4.69) is 47.9 Å². The van der Waals surface area contributed by atoms with Gasteiger partial charge in [-0.15, -0.1) is 0 Å². The van der Waals surface area contributed by atoms with Crippen LogP contribution in [0.4, 0.5) is 5.88 Å². The van der Waals surface area contributed by atoms with Crippen LogP contribution in [-0.4, -0.2) is 35.1 Å². The van der Waals surface area contributed by atoms with E-state index >= 15 is 0 Å². The Morgan fingerprint density at radius 1 is 1.21 bits per heavy atom. The third-order valence-electron chi connectivity index (χ3n) is 6.55. The van der Waals surface area contributed by atoms with Crippen molar-refractivity contribution in [2.75, 3.05) is 18.0 Å². The van der Waals surface area contributed by atoms with Gasteiger partial charge in [-0.1, -0.05) is 49.3 Å². The van der Waals surface area contributed by atoms with E-state index in [1.165, 1.54) is 0 Å². The van der Waals surface area contributed by atoms with Crippen molar-refractivity contribution >= 4 is 11.8 Å². The topological polar surface area (TPSA) is 49.6 Å². The highest BCUT2D eigenvalue weighted by Gasteiger charge is 2.36. The molecular weight excluding hydrogens is 362 g/mol. The van der Waals surface area contributed by atoms with E-state index in [9.17, 15) is 4.79 Å². The fourth-order valence-corrected chi connectivity index (χ4v) is 4.13. The third-order valence-corrected chi connectivity index (χ3v) is 6.55. The lowest BCUT2D eigenvalue weighted by Crippen LogP contribution is -2.39. The van der Waals surface area contributed by atoms with Gasteiger partial charge >= 0.3 is 0 Å². The van der Waals surface area contributed by atoms with Crippen molar-refractivity contribution in [2.45, 2.75) is 65.5 Å². The molecular formula is C24H33N3O2. The molecule has 1 aromatic carbocycles. The number of benzene rings is 1. The zero-order valence-electron chi connectivity index (χ0n) is 17.9. The van der Waals surface area contributed by atoms with E-state index < -0.39 is 0 Å². The van der Waals surface area contributed by atoms with Crippen molar-refractivity contribution in [1.82, 2.24) is 10.1 Å². The smallest absolute Gasteiger partial charge is 0.232 e. The van der Waals surface area contributed by atoms with Gasteiger partial charge < -0.3 is 14.3 Å². The summed E-state index contributed by atoms with van der Waals surface area (Å²) in [5, 5.41) is 4.48. The molecule has 0 bridgehead atoms. The van der Waals surface area contributed by atoms with E-state index in [-0.39, 0.29) is 17.9 Å². The second-order valence-corrected chi connectivity index (χ2v) is 8.85. The first-order valence-electron chi connectivity index (χ1n) is 11.2.